The van der Waals surface area contributed by atoms with E-state index >= 15 is 0 Å². The molecule has 9 N–H and O–H groups in total. The monoisotopic (exact) mass is 992 g/mol. The van der Waals surface area contributed by atoms with E-state index in [1.165, 1.54) is 30.4 Å². The number of aromatic nitrogens is 1. The third-order valence-electron chi connectivity index (χ3n) is 16.4. The molecule has 2 bridgehead atoms. The molecule has 4 heterocycles. The predicted octanol–water partition coefficient (Wildman–Crippen LogP) is 8.37. The minimum Gasteiger partial charge on any atom is -0.507 e. The number of nitrogens with one attached hydrogen (secondary N) is 5. The van der Waals surface area contributed by atoms with Gasteiger partial charge in [-0.05, 0) is 146 Å². The van der Waals surface area contributed by atoms with Crippen molar-refractivity contribution in [3.63, 3.8) is 0 Å². The van der Waals surface area contributed by atoms with Crippen LogP contribution in [-0.4, -0.2) is 102 Å². The highest BCUT2D eigenvalue weighted by atomic mass is 16.6. The number of fused-ring (bicyclic) bond motifs is 12. The fourth-order valence-electron chi connectivity index (χ4n) is 13.3. The molecule has 0 amide bonds. The van der Waals surface area contributed by atoms with Crippen molar-refractivity contribution in [1.29, 1.82) is 0 Å². The molecule has 13 nitrogen and oxygen atoms in total. The van der Waals surface area contributed by atoms with Gasteiger partial charge >= 0.3 is 0 Å². The molecule has 0 spiro atoms. The van der Waals surface area contributed by atoms with Crippen molar-refractivity contribution in [3.05, 3.63) is 105 Å². The second-order valence-corrected chi connectivity index (χ2v) is 22.2. The quantitative estimate of drug-likeness (QED) is 0.0278. The summed E-state index contributed by atoms with van der Waals surface area (Å²) in [6, 6.07) is 17.9. The fourth-order valence-corrected chi connectivity index (χ4v) is 13.3. The van der Waals surface area contributed by atoms with Crippen LogP contribution in [0, 0.1) is 17.8 Å². The van der Waals surface area contributed by atoms with Gasteiger partial charge in [-0.15, -0.1) is 0 Å². The Morgan fingerprint density at radius 1 is 0.932 bits per heavy atom. The smallest absolute Gasteiger partial charge is 0.161 e. The average molecular weight is 992 g/mol. The molecule has 4 aromatic carbocycles. The lowest BCUT2D eigenvalue weighted by molar-refractivity contribution is -0.144. The number of likely N-dealkylation sites (N-methyl/N-ethyl adjacent to an activating group) is 1. The van der Waals surface area contributed by atoms with Crippen LogP contribution < -0.4 is 35.5 Å². The third-order valence-corrected chi connectivity index (χ3v) is 16.4. The standard InChI is InChI=1S/C60H73N5O8/c1-35(2)28-59(3,69)32-62-33-64-52-12-8-9-23-70-51-26-38(14-19-50(51)68)58-60(52,71-34-65-40-10-6-5-7-11-40)29-47-44-27-46-53(37-13-18-48-36(24-37)21-22-63-48)39(30-61-4)25-45-49(67)20-17-42(54(45)46)55(44)57-43(56(47)73-58)16-15-41(31-66)72-57/h13-14,17-22,24-26,35,40-41,46,52-53,58,61-69H,5-7,9-11,15-16,23,27-34H2,1-4H3. The summed E-state index contributed by atoms with van der Waals surface area (Å²) >= 11 is 0. The van der Waals surface area contributed by atoms with E-state index in [-0.39, 0.29) is 43.3 Å². The first-order valence-electron chi connectivity index (χ1n) is 26.9. The zero-order valence-electron chi connectivity index (χ0n) is 42.8. The Bertz CT molecular complexity index is 2950. The molecule has 1 saturated carbocycles. The van der Waals surface area contributed by atoms with Crippen molar-refractivity contribution in [3.8, 4) is 51.7 Å². The van der Waals surface area contributed by atoms with Crippen LogP contribution in [-0.2, 0) is 24.0 Å². The SMILES string of the molecule is CNCC1=Cc2c(O)ccc3c2C(Cc2c4c(c5c(c2-3)OC(CO)CC5)OC2c3ccc(O)c(c3)OCCC#CC(NCNCC(C)(O)CC(C)C)C2(OCNC2CCCCC2)C4)C1c1ccc2[nH]ccc2c1. The molecule has 386 valence electrons. The van der Waals surface area contributed by atoms with Gasteiger partial charge < -0.3 is 55.0 Å². The Morgan fingerprint density at radius 3 is 2.59 bits per heavy atom. The van der Waals surface area contributed by atoms with Crippen molar-refractivity contribution in [2.45, 2.75) is 139 Å². The number of aliphatic hydroxyl groups is 2. The summed E-state index contributed by atoms with van der Waals surface area (Å²) in [7, 11) is 1.98. The molecule has 6 aliphatic rings. The van der Waals surface area contributed by atoms with Gasteiger partial charge in [0.1, 0.15) is 35.0 Å². The van der Waals surface area contributed by atoms with Crippen molar-refractivity contribution in [2.24, 2.45) is 5.92 Å². The number of phenolic OH excluding ortho intramolecular Hbond substituents is 2. The van der Waals surface area contributed by atoms with Crippen LogP contribution in [0.1, 0.15) is 129 Å². The molecule has 7 atom stereocenters. The van der Waals surface area contributed by atoms with Gasteiger partial charge in [0.05, 0.1) is 25.5 Å². The number of aromatic hydroxyl groups is 2. The number of hydrogen-bond donors (Lipinski definition) is 9. The maximum absolute atomic E-state index is 11.8. The van der Waals surface area contributed by atoms with Gasteiger partial charge in [0.25, 0.3) is 0 Å². The molecular weight excluding hydrogens is 919 g/mol. The van der Waals surface area contributed by atoms with Gasteiger partial charge in [0, 0.05) is 78.5 Å². The molecule has 11 rings (SSSR count). The minimum absolute atomic E-state index is 0.0355. The summed E-state index contributed by atoms with van der Waals surface area (Å²) in [5.74, 6) is 9.42. The van der Waals surface area contributed by atoms with Crippen molar-refractivity contribution in [2.75, 3.05) is 46.8 Å². The molecule has 1 fully saturated rings. The predicted molar refractivity (Wildman–Crippen MR) is 284 cm³/mol. The maximum atomic E-state index is 11.8. The molecule has 3 aliphatic heterocycles. The molecule has 5 aromatic rings. The lowest BCUT2D eigenvalue weighted by atomic mass is 9.62. The number of ether oxygens (including phenoxy) is 4. The summed E-state index contributed by atoms with van der Waals surface area (Å²) < 4.78 is 28.6. The lowest BCUT2D eigenvalue weighted by Gasteiger charge is -2.50. The number of benzene rings is 4. The second-order valence-electron chi connectivity index (χ2n) is 22.2. The number of aromatic amines is 1. The van der Waals surface area contributed by atoms with E-state index in [1.807, 2.05) is 38.4 Å². The topological polar surface area (TPSA) is 182 Å². The van der Waals surface area contributed by atoms with Gasteiger partial charge in [0.2, 0.25) is 0 Å². The van der Waals surface area contributed by atoms with E-state index in [1.54, 1.807) is 6.07 Å². The van der Waals surface area contributed by atoms with Crippen LogP contribution in [0.15, 0.2) is 66.4 Å². The van der Waals surface area contributed by atoms with Gasteiger partial charge in [0.15, 0.2) is 17.6 Å². The van der Waals surface area contributed by atoms with Crippen molar-refractivity contribution in [1.82, 2.24) is 26.3 Å². The molecule has 7 unspecified atom stereocenters. The van der Waals surface area contributed by atoms with Gasteiger partial charge in [-0.2, -0.15) is 0 Å². The van der Waals surface area contributed by atoms with Crippen molar-refractivity contribution < 1.29 is 39.4 Å². The Hall–Kier alpha value is -5.56. The highest BCUT2D eigenvalue weighted by Crippen LogP contribution is 2.62. The van der Waals surface area contributed by atoms with E-state index < -0.39 is 29.5 Å². The van der Waals surface area contributed by atoms with Gasteiger partial charge in [-0.25, -0.2) is 0 Å². The van der Waals surface area contributed by atoms with Crippen molar-refractivity contribution >= 4 is 17.0 Å². The normalized spacial score (nSPS) is 24.9. The summed E-state index contributed by atoms with van der Waals surface area (Å²) in [6.45, 7) is 7.87. The molecule has 0 saturated heterocycles. The molecule has 73 heavy (non-hydrogen) atoms. The summed E-state index contributed by atoms with van der Waals surface area (Å²) in [6.07, 6.45) is 12.0. The van der Waals surface area contributed by atoms with E-state index in [9.17, 15) is 20.4 Å². The van der Waals surface area contributed by atoms with E-state index in [2.05, 4.69) is 88.3 Å². The fraction of sp³-hybridized carbons (Fsp3) is 0.500. The van der Waals surface area contributed by atoms with Crippen LogP contribution in [0.25, 0.3) is 28.1 Å². The number of rotatable bonds is 15. The van der Waals surface area contributed by atoms with Crippen LogP contribution in [0.2, 0.25) is 0 Å². The summed E-state index contributed by atoms with van der Waals surface area (Å²) in [4.78, 5) is 3.38. The van der Waals surface area contributed by atoms with E-state index in [0.717, 1.165) is 74.0 Å². The van der Waals surface area contributed by atoms with Crippen LogP contribution in [0.4, 0.5) is 0 Å². The molecule has 3 aliphatic carbocycles. The first-order chi connectivity index (χ1) is 35.4. The number of H-pyrrole nitrogens is 1. The molecule has 1 aromatic heterocycles. The zero-order valence-corrected chi connectivity index (χ0v) is 42.8. The summed E-state index contributed by atoms with van der Waals surface area (Å²) in [5, 5.41) is 60.9. The largest absolute Gasteiger partial charge is 0.507 e. The summed E-state index contributed by atoms with van der Waals surface area (Å²) in [5.41, 5.74) is 9.12. The number of aliphatic hydroxyl groups excluding tert-OH is 1. The minimum atomic E-state index is -1.18. The maximum Gasteiger partial charge on any atom is 0.161 e. The van der Waals surface area contributed by atoms with Gasteiger partial charge in [-0.3, -0.25) is 10.6 Å². The Morgan fingerprint density at radius 2 is 1.77 bits per heavy atom. The molecular formula is C60H73N5O8. The third kappa shape index (κ3) is 9.50. The van der Waals surface area contributed by atoms with Crippen LogP contribution >= 0.6 is 0 Å². The first kappa shape index (κ1) is 49.6. The molecule has 0 radical (unpaired) electrons. The van der Waals surface area contributed by atoms with E-state index in [4.69, 9.17) is 18.9 Å². The van der Waals surface area contributed by atoms with Crippen LogP contribution in [0.5, 0.6) is 28.7 Å². The first-order valence-corrected chi connectivity index (χ1v) is 26.9. The number of phenols is 2. The van der Waals surface area contributed by atoms with E-state index in [0.29, 0.717) is 81.7 Å². The Balaban J connectivity index is 1.12. The molecule has 13 heteroatoms. The lowest BCUT2D eigenvalue weighted by Crippen LogP contribution is -2.62. The zero-order chi connectivity index (χ0) is 50.4. The average Bonchev–Trinajstić information content (AvgIpc) is 3.86. The van der Waals surface area contributed by atoms with Crippen LogP contribution in [0.3, 0.4) is 0 Å². The van der Waals surface area contributed by atoms with Gasteiger partial charge in [-0.1, -0.05) is 63.1 Å². The second kappa shape index (κ2) is 20.6. The number of hydrogen-bond acceptors (Lipinski definition) is 12. The highest BCUT2D eigenvalue weighted by molar-refractivity contribution is 5.90. The Kier molecular flexibility index (Phi) is 14.0. The highest BCUT2D eigenvalue weighted by Gasteiger charge is 2.55. The Labute approximate surface area is 429 Å².